The van der Waals surface area contributed by atoms with Crippen LogP contribution in [-0.4, -0.2) is 20.5 Å². The fraction of sp³-hybridized carbons (Fsp3) is 0.318. The Kier molecular flexibility index (Phi) is 5.46. The lowest BCUT2D eigenvalue weighted by molar-refractivity contribution is -0.157. The zero-order chi connectivity index (χ0) is 20.5. The topological polar surface area (TPSA) is 72.5 Å². The summed E-state index contributed by atoms with van der Waals surface area (Å²) in [5.74, 6) is -0.388. The number of esters is 1. The van der Waals surface area contributed by atoms with E-state index in [4.69, 9.17) is 4.74 Å². The molecule has 1 aliphatic rings. The zero-order valence-electron chi connectivity index (χ0n) is 16.5. The van der Waals surface area contributed by atoms with Crippen molar-refractivity contribution in [1.82, 2.24) is 4.72 Å². The summed E-state index contributed by atoms with van der Waals surface area (Å²) in [6.45, 7) is 7.19. The minimum Gasteiger partial charge on any atom is -0.456 e. The molecule has 0 saturated heterocycles. The van der Waals surface area contributed by atoms with Gasteiger partial charge in [0.2, 0.25) is 10.0 Å². The third-order valence-corrected chi connectivity index (χ3v) is 6.05. The maximum absolute atomic E-state index is 13.0. The van der Waals surface area contributed by atoms with Crippen molar-refractivity contribution >= 4 is 22.1 Å². The first-order valence-corrected chi connectivity index (χ1v) is 10.6. The summed E-state index contributed by atoms with van der Waals surface area (Å²) >= 11 is 0. The van der Waals surface area contributed by atoms with E-state index in [0.717, 1.165) is 16.7 Å². The molecule has 2 atom stereocenters. The molecule has 1 N–H and O–H groups in total. The van der Waals surface area contributed by atoms with Gasteiger partial charge in [0.15, 0.2) is 0 Å². The Morgan fingerprint density at radius 3 is 2.32 bits per heavy atom. The fourth-order valence-corrected chi connectivity index (χ4v) is 4.15. The van der Waals surface area contributed by atoms with Gasteiger partial charge in [-0.15, -0.1) is 0 Å². The lowest BCUT2D eigenvalue weighted by Crippen LogP contribution is -2.40. The second kappa shape index (κ2) is 7.53. The van der Waals surface area contributed by atoms with Gasteiger partial charge in [0, 0.05) is 0 Å². The SMILES string of the molecule is Cc1ccc(S(=O)(=O)N[C@H]2c3ccccc3C=C[C@@H]2OC(=O)C(C)(C)C)cc1. The van der Waals surface area contributed by atoms with Crippen LogP contribution in [0.15, 0.2) is 59.5 Å². The molecule has 2 aromatic rings. The Labute approximate surface area is 166 Å². The lowest BCUT2D eigenvalue weighted by Gasteiger charge is -2.32. The standard InChI is InChI=1S/C22H25NO4S/c1-15-9-12-17(13-10-15)28(25,26)23-20-18-8-6-5-7-16(18)11-14-19(20)27-21(24)22(2,3)4/h5-14,19-20,23H,1-4H3/t19-,20-/m0/s1. The predicted octanol–water partition coefficient (Wildman–Crippen LogP) is 4.00. The summed E-state index contributed by atoms with van der Waals surface area (Å²) in [6, 6.07) is 13.4. The molecule has 0 fully saturated rings. The van der Waals surface area contributed by atoms with Crippen LogP contribution in [-0.2, 0) is 19.6 Å². The third kappa shape index (κ3) is 4.34. The van der Waals surface area contributed by atoms with E-state index < -0.39 is 27.6 Å². The van der Waals surface area contributed by atoms with Crippen LogP contribution in [0.1, 0.15) is 43.5 Å². The molecule has 0 saturated carbocycles. The Bertz CT molecular complexity index is 1000. The number of carbonyl (C=O) groups excluding carboxylic acids is 1. The molecule has 0 spiro atoms. The van der Waals surface area contributed by atoms with E-state index in [2.05, 4.69) is 4.72 Å². The number of hydrogen-bond acceptors (Lipinski definition) is 4. The van der Waals surface area contributed by atoms with Gasteiger partial charge in [0.25, 0.3) is 0 Å². The van der Waals surface area contributed by atoms with Crippen LogP contribution >= 0.6 is 0 Å². The smallest absolute Gasteiger partial charge is 0.311 e. The highest BCUT2D eigenvalue weighted by atomic mass is 32.2. The zero-order valence-corrected chi connectivity index (χ0v) is 17.3. The molecule has 28 heavy (non-hydrogen) atoms. The summed E-state index contributed by atoms with van der Waals surface area (Å²) in [5.41, 5.74) is 1.95. The molecule has 0 radical (unpaired) electrons. The van der Waals surface area contributed by atoms with Crippen LogP contribution in [0, 0.1) is 12.3 Å². The normalized spacial score (nSPS) is 19.1. The summed E-state index contributed by atoms with van der Waals surface area (Å²) < 4.78 is 34.4. The van der Waals surface area contributed by atoms with Crippen LogP contribution in [0.25, 0.3) is 6.08 Å². The van der Waals surface area contributed by atoms with E-state index in [0.29, 0.717) is 0 Å². The first-order chi connectivity index (χ1) is 13.1. The number of rotatable bonds is 4. The van der Waals surface area contributed by atoms with Gasteiger partial charge in [0.1, 0.15) is 6.10 Å². The maximum Gasteiger partial charge on any atom is 0.311 e. The molecular weight excluding hydrogens is 374 g/mol. The van der Waals surface area contributed by atoms with Gasteiger partial charge in [-0.05, 0) is 57.0 Å². The van der Waals surface area contributed by atoms with Crippen molar-refractivity contribution in [3.05, 3.63) is 71.3 Å². The van der Waals surface area contributed by atoms with Gasteiger partial charge in [-0.25, -0.2) is 8.42 Å². The highest BCUT2D eigenvalue weighted by molar-refractivity contribution is 7.89. The van der Waals surface area contributed by atoms with Crippen LogP contribution in [0.5, 0.6) is 0 Å². The van der Waals surface area contributed by atoms with E-state index in [1.807, 2.05) is 37.3 Å². The Morgan fingerprint density at radius 1 is 1.04 bits per heavy atom. The summed E-state index contributed by atoms with van der Waals surface area (Å²) in [5, 5.41) is 0. The molecule has 2 aromatic carbocycles. The minimum atomic E-state index is -3.80. The highest BCUT2D eigenvalue weighted by Crippen LogP contribution is 2.32. The Morgan fingerprint density at radius 2 is 1.68 bits per heavy atom. The molecule has 1 aliphatic carbocycles. The Balaban J connectivity index is 1.96. The van der Waals surface area contributed by atoms with Crippen molar-refractivity contribution < 1.29 is 17.9 Å². The number of hydrogen-bond donors (Lipinski definition) is 1. The molecule has 0 bridgehead atoms. The fourth-order valence-electron chi connectivity index (χ4n) is 2.92. The molecule has 5 nitrogen and oxygen atoms in total. The summed E-state index contributed by atoms with van der Waals surface area (Å²) in [6.07, 6.45) is 2.85. The molecule has 3 rings (SSSR count). The number of benzene rings is 2. The predicted molar refractivity (Wildman–Crippen MR) is 109 cm³/mol. The first kappa shape index (κ1) is 20.3. The number of sulfonamides is 1. The van der Waals surface area contributed by atoms with E-state index in [9.17, 15) is 13.2 Å². The lowest BCUT2D eigenvalue weighted by atomic mass is 9.91. The van der Waals surface area contributed by atoms with Crippen molar-refractivity contribution in [1.29, 1.82) is 0 Å². The number of carbonyl (C=O) groups is 1. The molecule has 6 heteroatoms. The summed E-state index contributed by atoms with van der Waals surface area (Å²) in [7, 11) is -3.80. The quantitative estimate of drug-likeness (QED) is 0.789. The number of aryl methyl sites for hydroxylation is 1. The summed E-state index contributed by atoms with van der Waals surface area (Å²) in [4.78, 5) is 12.6. The van der Waals surface area contributed by atoms with E-state index in [1.54, 1.807) is 51.1 Å². The van der Waals surface area contributed by atoms with Gasteiger partial charge in [-0.2, -0.15) is 4.72 Å². The van der Waals surface area contributed by atoms with Crippen LogP contribution in [0.2, 0.25) is 0 Å². The van der Waals surface area contributed by atoms with Crippen LogP contribution in [0.3, 0.4) is 0 Å². The van der Waals surface area contributed by atoms with Crippen LogP contribution in [0.4, 0.5) is 0 Å². The monoisotopic (exact) mass is 399 g/mol. The van der Waals surface area contributed by atoms with Crippen molar-refractivity contribution in [2.75, 3.05) is 0 Å². The Hall–Kier alpha value is -2.44. The molecule has 0 unspecified atom stereocenters. The molecule has 0 amide bonds. The second-order valence-corrected chi connectivity index (χ2v) is 9.73. The van der Waals surface area contributed by atoms with E-state index in [-0.39, 0.29) is 10.9 Å². The largest absolute Gasteiger partial charge is 0.456 e. The van der Waals surface area contributed by atoms with Gasteiger partial charge in [0.05, 0.1) is 16.4 Å². The van der Waals surface area contributed by atoms with Gasteiger partial charge < -0.3 is 4.74 Å². The second-order valence-electron chi connectivity index (χ2n) is 8.02. The third-order valence-electron chi connectivity index (χ3n) is 4.59. The number of fused-ring (bicyclic) bond motifs is 1. The van der Waals surface area contributed by atoms with Crippen molar-refractivity contribution in [3.63, 3.8) is 0 Å². The van der Waals surface area contributed by atoms with E-state index >= 15 is 0 Å². The first-order valence-electron chi connectivity index (χ1n) is 9.15. The average molecular weight is 400 g/mol. The van der Waals surface area contributed by atoms with E-state index in [1.165, 1.54) is 0 Å². The van der Waals surface area contributed by atoms with Crippen molar-refractivity contribution in [3.8, 4) is 0 Å². The van der Waals surface area contributed by atoms with Gasteiger partial charge in [-0.3, -0.25) is 4.79 Å². The van der Waals surface area contributed by atoms with Crippen molar-refractivity contribution in [2.24, 2.45) is 5.41 Å². The average Bonchev–Trinajstić information content (AvgIpc) is 2.63. The molecule has 0 aromatic heterocycles. The number of ether oxygens (including phenoxy) is 1. The maximum atomic E-state index is 13.0. The van der Waals surface area contributed by atoms with Gasteiger partial charge >= 0.3 is 5.97 Å². The molecular formula is C22H25NO4S. The van der Waals surface area contributed by atoms with Crippen molar-refractivity contribution in [2.45, 2.75) is 44.7 Å². The van der Waals surface area contributed by atoms with Crippen LogP contribution < -0.4 is 4.72 Å². The molecule has 0 heterocycles. The minimum absolute atomic E-state index is 0.172. The molecule has 148 valence electrons. The highest BCUT2D eigenvalue weighted by Gasteiger charge is 2.35. The molecule has 0 aliphatic heterocycles. The van der Waals surface area contributed by atoms with Gasteiger partial charge in [-0.1, -0.05) is 48.0 Å². The number of nitrogens with one attached hydrogen (secondary N) is 1.